The van der Waals surface area contributed by atoms with Crippen molar-refractivity contribution in [2.45, 2.75) is 19.9 Å². The van der Waals surface area contributed by atoms with Crippen LogP contribution in [-0.2, 0) is 0 Å². The van der Waals surface area contributed by atoms with E-state index in [1.807, 2.05) is 11.4 Å². The molecule has 100 valence electrons. The lowest BCUT2D eigenvalue weighted by molar-refractivity contribution is 0.0926. The fraction of sp³-hybridized carbons (Fsp3) is 0.267. The molecule has 19 heavy (non-hydrogen) atoms. The van der Waals surface area contributed by atoms with E-state index in [0.29, 0.717) is 16.5 Å². The Balaban J connectivity index is 2.14. The highest BCUT2D eigenvalue weighted by atomic mass is 35.5. The molecule has 0 aliphatic carbocycles. The number of thiophene rings is 1. The number of halogens is 1. The van der Waals surface area contributed by atoms with E-state index in [9.17, 15) is 4.79 Å². The maximum absolute atomic E-state index is 12.2. The molecular formula is C15H16ClNOS. The zero-order valence-electron chi connectivity index (χ0n) is 10.9. The second kappa shape index (κ2) is 6.22. The quantitative estimate of drug-likeness (QED) is 0.882. The second-order valence-electron chi connectivity index (χ2n) is 4.72. The van der Waals surface area contributed by atoms with Gasteiger partial charge in [-0.1, -0.05) is 31.5 Å². The molecule has 1 N–H and O–H groups in total. The summed E-state index contributed by atoms with van der Waals surface area (Å²) in [7, 11) is 0. The van der Waals surface area contributed by atoms with Gasteiger partial charge >= 0.3 is 0 Å². The highest BCUT2D eigenvalue weighted by molar-refractivity contribution is 7.10. The first-order valence-electron chi connectivity index (χ1n) is 6.18. The number of carbonyl (C=O) groups is 1. The molecular weight excluding hydrogens is 278 g/mol. The van der Waals surface area contributed by atoms with Gasteiger partial charge in [0.15, 0.2) is 0 Å². The lowest BCUT2D eigenvalue weighted by atomic mass is 10.0. The number of amides is 1. The number of rotatable bonds is 4. The van der Waals surface area contributed by atoms with Crippen LogP contribution in [0.4, 0.5) is 0 Å². The normalized spacial score (nSPS) is 12.4. The van der Waals surface area contributed by atoms with E-state index in [1.54, 1.807) is 35.6 Å². The van der Waals surface area contributed by atoms with E-state index in [1.165, 1.54) is 4.88 Å². The summed E-state index contributed by atoms with van der Waals surface area (Å²) in [4.78, 5) is 13.4. The molecule has 0 aliphatic heterocycles. The first kappa shape index (κ1) is 14.1. The van der Waals surface area contributed by atoms with Crippen molar-refractivity contribution in [2.75, 3.05) is 0 Å². The molecule has 0 aliphatic rings. The molecule has 1 heterocycles. The standard InChI is InChI=1S/C15H16ClNOS/c1-10(2)14(13-4-3-9-19-13)17-15(18)11-5-7-12(16)8-6-11/h3-10,14H,1-2H3,(H,17,18). The van der Waals surface area contributed by atoms with E-state index in [2.05, 4.69) is 25.2 Å². The van der Waals surface area contributed by atoms with Crippen LogP contribution < -0.4 is 5.32 Å². The topological polar surface area (TPSA) is 29.1 Å². The van der Waals surface area contributed by atoms with Gasteiger partial charge in [0.25, 0.3) is 5.91 Å². The Morgan fingerprint density at radius 2 is 1.89 bits per heavy atom. The number of hydrogen-bond donors (Lipinski definition) is 1. The van der Waals surface area contributed by atoms with Crippen LogP contribution in [0.5, 0.6) is 0 Å². The number of benzene rings is 1. The molecule has 2 aromatic rings. The highest BCUT2D eigenvalue weighted by Gasteiger charge is 2.19. The van der Waals surface area contributed by atoms with Gasteiger partial charge in [0.05, 0.1) is 6.04 Å². The lowest BCUT2D eigenvalue weighted by Gasteiger charge is -2.21. The van der Waals surface area contributed by atoms with Gasteiger partial charge in [0.2, 0.25) is 0 Å². The predicted octanol–water partition coefficient (Wildman–Crippen LogP) is 4.53. The van der Waals surface area contributed by atoms with Gasteiger partial charge in [0, 0.05) is 15.5 Å². The zero-order valence-corrected chi connectivity index (χ0v) is 12.5. The van der Waals surface area contributed by atoms with Crippen LogP contribution in [0.15, 0.2) is 41.8 Å². The molecule has 2 nitrogen and oxygen atoms in total. The predicted molar refractivity (Wildman–Crippen MR) is 80.8 cm³/mol. The molecule has 1 atom stereocenters. The third-order valence-electron chi connectivity index (χ3n) is 2.91. The fourth-order valence-corrected chi connectivity index (χ4v) is 2.94. The van der Waals surface area contributed by atoms with Crippen molar-refractivity contribution in [3.63, 3.8) is 0 Å². The van der Waals surface area contributed by atoms with Crippen molar-refractivity contribution < 1.29 is 4.79 Å². The van der Waals surface area contributed by atoms with Crippen LogP contribution in [0.1, 0.15) is 35.1 Å². The van der Waals surface area contributed by atoms with Crippen LogP contribution in [-0.4, -0.2) is 5.91 Å². The maximum atomic E-state index is 12.2. The SMILES string of the molecule is CC(C)C(NC(=O)c1ccc(Cl)cc1)c1cccs1. The Morgan fingerprint density at radius 1 is 1.21 bits per heavy atom. The lowest BCUT2D eigenvalue weighted by Crippen LogP contribution is -2.31. The molecule has 0 fully saturated rings. The molecule has 0 bridgehead atoms. The summed E-state index contributed by atoms with van der Waals surface area (Å²) in [5.74, 6) is 0.277. The molecule has 0 saturated heterocycles. The molecule has 1 amide bonds. The fourth-order valence-electron chi connectivity index (χ4n) is 1.86. The molecule has 0 spiro atoms. The highest BCUT2D eigenvalue weighted by Crippen LogP contribution is 2.26. The van der Waals surface area contributed by atoms with Crippen molar-refractivity contribution in [1.82, 2.24) is 5.32 Å². The average Bonchev–Trinajstić information content (AvgIpc) is 2.89. The molecule has 0 radical (unpaired) electrons. The summed E-state index contributed by atoms with van der Waals surface area (Å²) in [6.45, 7) is 4.21. The maximum Gasteiger partial charge on any atom is 0.251 e. The van der Waals surface area contributed by atoms with Gasteiger partial charge in [-0.3, -0.25) is 4.79 Å². The smallest absolute Gasteiger partial charge is 0.251 e. The van der Waals surface area contributed by atoms with Gasteiger partial charge in [-0.05, 0) is 41.6 Å². The summed E-state index contributed by atoms with van der Waals surface area (Å²) in [6.07, 6.45) is 0. The minimum Gasteiger partial charge on any atom is -0.344 e. The Kier molecular flexibility index (Phi) is 4.61. The Bertz CT molecular complexity index is 534. The van der Waals surface area contributed by atoms with Crippen LogP contribution >= 0.6 is 22.9 Å². The van der Waals surface area contributed by atoms with E-state index in [-0.39, 0.29) is 11.9 Å². The number of carbonyl (C=O) groups excluding carboxylic acids is 1. The summed E-state index contributed by atoms with van der Waals surface area (Å²) >= 11 is 7.49. The van der Waals surface area contributed by atoms with E-state index in [0.717, 1.165) is 0 Å². The van der Waals surface area contributed by atoms with Gasteiger partial charge < -0.3 is 5.32 Å². The largest absolute Gasteiger partial charge is 0.344 e. The molecule has 2 rings (SSSR count). The molecule has 1 aromatic carbocycles. The number of hydrogen-bond acceptors (Lipinski definition) is 2. The van der Waals surface area contributed by atoms with E-state index >= 15 is 0 Å². The van der Waals surface area contributed by atoms with E-state index in [4.69, 9.17) is 11.6 Å². The summed E-state index contributed by atoms with van der Waals surface area (Å²) in [6, 6.07) is 11.0. The van der Waals surface area contributed by atoms with Gasteiger partial charge in [-0.25, -0.2) is 0 Å². The summed E-state index contributed by atoms with van der Waals surface area (Å²) < 4.78 is 0. The monoisotopic (exact) mass is 293 g/mol. The van der Waals surface area contributed by atoms with Gasteiger partial charge in [-0.15, -0.1) is 11.3 Å². The molecule has 4 heteroatoms. The first-order chi connectivity index (χ1) is 9.08. The summed E-state index contributed by atoms with van der Waals surface area (Å²) in [5, 5.41) is 5.74. The zero-order chi connectivity index (χ0) is 13.8. The van der Waals surface area contributed by atoms with Crippen LogP contribution in [0.3, 0.4) is 0 Å². The van der Waals surface area contributed by atoms with Crippen LogP contribution in [0, 0.1) is 5.92 Å². The minimum absolute atomic E-state index is 0.0446. The van der Waals surface area contributed by atoms with Gasteiger partial charge in [0.1, 0.15) is 0 Å². The minimum atomic E-state index is -0.0660. The summed E-state index contributed by atoms with van der Waals surface area (Å²) in [5.41, 5.74) is 0.631. The van der Waals surface area contributed by atoms with Crippen molar-refractivity contribution in [3.8, 4) is 0 Å². The van der Waals surface area contributed by atoms with Crippen molar-refractivity contribution in [3.05, 3.63) is 57.2 Å². The molecule has 0 saturated carbocycles. The third-order valence-corrected chi connectivity index (χ3v) is 4.12. The second-order valence-corrected chi connectivity index (χ2v) is 6.13. The molecule has 1 unspecified atom stereocenters. The Morgan fingerprint density at radius 3 is 2.42 bits per heavy atom. The Labute approximate surface area is 122 Å². The van der Waals surface area contributed by atoms with Crippen molar-refractivity contribution >= 4 is 28.8 Å². The number of nitrogens with one attached hydrogen (secondary N) is 1. The Hall–Kier alpha value is -1.32. The van der Waals surface area contributed by atoms with Crippen molar-refractivity contribution in [1.29, 1.82) is 0 Å². The van der Waals surface area contributed by atoms with Gasteiger partial charge in [-0.2, -0.15) is 0 Å². The van der Waals surface area contributed by atoms with Crippen LogP contribution in [0.2, 0.25) is 5.02 Å². The van der Waals surface area contributed by atoms with Crippen molar-refractivity contribution in [2.24, 2.45) is 5.92 Å². The third kappa shape index (κ3) is 3.58. The average molecular weight is 294 g/mol. The molecule has 1 aromatic heterocycles. The van der Waals surface area contributed by atoms with E-state index < -0.39 is 0 Å². The van der Waals surface area contributed by atoms with Crippen LogP contribution in [0.25, 0.3) is 0 Å². The first-order valence-corrected chi connectivity index (χ1v) is 7.43.